The van der Waals surface area contributed by atoms with E-state index in [4.69, 9.17) is 5.11 Å². The number of aromatic carboxylic acids is 1. The molecule has 19 heavy (non-hydrogen) atoms. The van der Waals surface area contributed by atoms with Crippen molar-refractivity contribution in [3.8, 4) is 0 Å². The van der Waals surface area contributed by atoms with Gasteiger partial charge in [-0.2, -0.15) is 0 Å². The van der Waals surface area contributed by atoms with Crippen LogP contribution in [0.4, 0.5) is 10.5 Å². The highest BCUT2D eigenvalue weighted by Gasteiger charge is 2.14. The first-order valence-electron chi connectivity index (χ1n) is 5.56. The molecular formula is C12H15N3O4. The predicted octanol–water partition coefficient (Wildman–Crippen LogP) is 0.641. The molecule has 0 saturated carbocycles. The highest BCUT2D eigenvalue weighted by atomic mass is 16.4. The van der Waals surface area contributed by atoms with Crippen molar-refractivity contribution in [3.63, 3.8) is 0 Å². The topological polar surface area (TPSA) is 108 Å². The Bertz CT molecular complexity index is 502. The summed E-state index contributed by atoms with van der Waals surface area (Å²) in [4.78, 5) is 33.6. The predicted molar refractivity (Wildman–Crippen MR) is 69.1 cm³/mol. The zero-order chi connectivity index (χ0) is 14.4. The number of hydrogen-bond acceptors (Lipinski definition) is 3. The summed E-state index contributed by atoms with van der Waals surface area (Å²) in [6, 6.07) is 4.54. The van der Waals surface area contributed by atoms with Crippen molar-refractivity contribution < 1.29 is 19.5 Å². The number of carboxylic acid groups (broad SMARTS) is 1. The maximum atomic E-state index is 11.6. The first-order valence-corrected chi connectivity index (χ1v) is 5.56. The van der Waals surface area contributed by atoms with Gasteiger partial charge in [0.1, 0.15) is 6.04 Å². The van der Waals surface area contributed by atoms with Crippen molar-refractivity contribution in [1.29, 1.82) is 0 Å². The summed E-state index contributed by atoms with van der Waals surface area (Å²) < 4.78 is 0. The number of carbonyl (C=O) groups is 3. The van der Waals surface area contributed by atoms with Crippen LogP contribution in [-0.4, -0.2) is 36.1 Å². The quantitative estimate of drug-likeness (QED) is 0.640. The first-order chi connectivity index (χ1) is 8.93. The normalized spacial score (nSPS) is 11.3. The van der Waals surface area contributed by atoms with Crippen LogP contribution in [0.15, 0.2) is 24.3 Å². The minimum Gasteiger partial charge on any atom is -0.478 e. The molecule has 0 aliphatic heterocycles. The number of benzene rings is 1. The molecule has 0 radical (unpaired) electrons. The molecule has 0 bridgehead atoms. The fourth-order valence-electron chi connectivity index (χ4n) is 1.38. The average molecular weight is 265 g/mol. The number of urea groups is 1. The molecule has 1 aromatic rings. The lowest BCUT2D eigenvalue weighted by Crippen LogP contribution is -2.45. The van der Waals surface area contributed by atoms with Crippen LogP contribution in [0.1, 0.15) is 17.3 Å². The molecule has 7 heteroatoms. The van der Waals surface area contributed by atoms with Gasteiger partial charge in [-0.15, -0.1) is 0 Å². The van der Waals surface area contributed by atoms with Crippen LogP contribution in [0.5, 0.6) is 0 Å². The van der Waals surface area contributed by atoms with Crippen molar-refractivity contribution in [2.24, 2.45) is 0 Å². The molecule has 0 heterocycles. The molecule has 0 aliphatic carbocycles. The monoisotopic (exact) mass is 265 g/mol. The summed E-state index contributed by atoms with van der Waals surface area (Å²) in [5.41, 5.74) is 0.402. The maximum absolute atomic E-state index is 11.6. The Morgan fingerprint density at radius 3 is 2.53 bits per heavy atom. The molecule has 1 rings (SSSR count). The zero-order valence-corrected chi connectivity index (χ0v) is 10.6. The fourth-order valence-corrected chi connectivity index (χ4v) is 1.38. The van der Waals surface area contributed by atoms with Crippen LogP contribution in [0.3, 0.4) is 0 Å². The van der Waals surface area contributed by atoms with Gasteiger partial charge in [0, 0.05) is 12.7 Å². The van der Waals surface area contributed by atoms with E-state index in [1.165, 1.54) is 32.2 Å². The van der Waals surface area contributed by atoms with E-state index in [1.54, 1.807) is 6.07 Å². The van der Waals surface area contributed by atoms with Crippen LogP contribution in [-0.2, 0) is 4.79 Å². The molecule has 0 fully saturated rings. The Morgan fingerprint density at radius 1 is 1.26 bits per heavy atom. The van der Waals surface area contributed by atoms with E-state index >= 15 is 0 Å². The van der Waals surface area contributed by atoms with Crippen molar-refractivity contribution in [3.05, 3.63) is 29.8 Å². The number of carbonyl (C=O) groups excluding carboxylic acids is 2. The standard InChI is InChI=1S/C12H15N3O4/c1-7(10(16)13-2)14-12(19)15-9-5-3-4-8(6-9)11(17)18/h3-7H,1-2H3,(H,13,16)(H,17,18)(H2,14,15,19). The van der Waals surface area contributed by atoms with E-state index in [0.29, 0.717) is 5.69 Å². The summed E-state index contributed by atoms with van der Waals surface area (Å²) in [5.74, 6) is -1.41. The summed E-state index contributed by atoms with van der Waals surface area (Å²) in [7, 11) is 1.47. The zero-order valence-electron chi connectivity index (χ0n) is 10.6. The van der Waals surface area contributed by atoms with Gasteiger partial charge in [-0.1, -0.05) is 6.07 Å². The van der Waals surface area contributed by atoms with E-state index in [-0.39, 0.29) is 11.5 Å². The molecule has 0 aliphatic rings. The molecule has 1 atom stereocenters. The third-order valence-electron chi connectivity index (χ3n) is 2.35. The van der Waals surface area contributed by atoms with E-state index < -0.39 is 18.0 Å². The smallest absolute Gasteiger partial charge is 0.335 e. The molecule has 102 valence electrons. The van der Waals surface area contributed by atoms with Crippen LogP contribution in [0, 0.1) is 0 Å². The Kier molecular flexibility index (Phi) is 4.87. The number of likely N-dealkylation sites (N-methyl/N-ethyl adjacent to an activating group) is 1. The molecule has 1 aromatic carbocycles. The number of amides is 3. The molecular weight excluding hydrogens is 250 g/mol. The van der Waals surface area contributed by atoms with Crippen molar-refractivity contribution in [2.75, 3.05) is 12.4 Å². The number of anilines is 1. The van der Waals surface area contributed by atoms with Gasteiger partial charge in [-0.25, -0.2) is 9.59 Å². The average Bonchev–Trinajstić information content (AvgIpc) is 2.37. The summed E-state index contributed by atoms with van der Waals surface area (Å²) in [6.45, 7) is 1.53. The van der Waals surface area contributed by atoms with Crippen molar-refractivity contribution in [1.82, 2.24) is 10.6 Å². The van der Waals surface area contributed by atoms with Crippen LogP contribution in [0.2, 0.25) is 0 Å². The molecule has 0 spiro atoms. The third kappa shape index (κ3) is 4.30. The first kappa shape index (κ1) is 14.5. The molecule has 4 N–H and O–H groups in total. The van der Waals surface area contributed by atoms with Gasteiger partial charge >= 0.3 is 12.0 Å². The lowest BCUT2D eigenvalue weighted by atomic mass is 10.2. The number of rotatable bonds is 4. The van der Waals surface area contributed by atoms with Crippen LogP contribution >= 0.6 is 0 Å². The van der Waals surface area contributed by atoms with Gasteiger partial charge in [-0.05, 0) is 25.1 Å². The Hall–Kier alpha value is -2.57. The van der Waals surface area contributed by atoms with E-state index in [2.05, 4.69) is 16.0 Å². The Morgan fingerprint density at radius 2 is 1.95 bits per heavy atom. The van der Waals surface area contributed by atoms with Gasteiger partial charge in [0.15, 0.2) is 0 Å². The highest BCUT2D eigenvalue weighted by molar-refractivity contribution is 5.95. The van der Waals surface area contributed by atoms with E-state index in [9.17, 15) is 14.4 Å². The minimum atomic E-state index is -1.08. The largest absolute Gasteiger partial charge is 0.478 e. The van der Waals surface area contributed by atoms with E-state index in [0.717, 1.165) is 0 Å². The number of nitrogens with one attached hydrogen (secondary N) is 3. The molecule has 3 amide bonds. The van der Waals surface area contributed by atoms with Crippen LogP contribution < -0.4 is 16.0 Å². The van der Waals surface area contributed by atoms with Gasteiger partial charge in [0.2, 0.25) is 5.91 Å². The second-order valence-corrected chi connectivity index (χ2v) is 3.82. The Labute approximate surface area is 110 Å². The maximum Gasteiger partial charge on any atom is 0.335 e. The van der Waals surface area contributed by atoms with E-state index in [1.807, 2.05) is 0 Å². The Balaban J connectivity index is 2.64. The molecule has 7 nitrogen and oxygen atoms in total. The van der Waals surface area contributed by atoms with Gasteiger partial charge in [0.25, 0.3) is 0 Å². The number of carboxylic acids is 1. The van der Waals surface area contributed by atoms with Crippen LogP contribution in [0.25, 0.3) is 0 Å². The molecule has 0 aromatic heterocycles. The fraction of sp³-hybridized carbons (Fsp3) is 0.250. The summed E-state index contributed by atoms with van der Waals surface area (Å²) in [6.07, 6.45) is 0. The second-order valence-electron chi connectivity index (χ2n) is 3.82. The van der Waals surface area contributed by atoms with Gasteiger partial charge in [-0.3, -0.25) is 4.79 Å². The minimum absolute atomic E-state index is 0.0668. The lowest BCUT2D eigenvalue weighted by molar-refractivity contribution is -0.122. The van der Waals surface area contributed by atoms with Gasteiger partial charge in [0.05, 0.1) is 5.56 Å². The number of hydrogen-bond donors (Lipinski definition) is 4. The SMILES string of the molecule is CNC(=O)C(C)NC(=O)Nc1cccc(C(=O)O)c1. The summed E-state index contributed by atoms with van der Waals surface area (Å²) in [5, 5.41) is 16.1. The molecule has 1 unspecified atom stereocenters. The highest BCUT2D eigenvalue weighted by Crippen LogP contribution is 2.10. The summed E-state index contributed by atoms with van der Waals surface area (Å²) >= 11 is 0. The molecule has 0 saturated heterocycles. The van der Waals surface area contributed by atoms with Gasteiger partial charge < -0.3 is 21.1 Å². The second kappa shape index (κ2) is 6.39. The van der Waals surface area contributed by atoms with Crippen molar-refractivity contribution in [2.45, 2.75) is 13.0 Å². The lowest BCUT2D eigenvalue weighted by Gasteiger charge is -2.13. The third-order valence-corrected chi connectivity index (χ3v) is 2.35. The van der Waals surface area contributed by atoms with Crippen molar-refractivity contribution >= 4 is 23.6 Å².